The monoisotopic (exact) mass is 277 g/mol. The second kappa shape index (κ2) is 8.73. The minimum atomic E-state index is -0.295. The number of hydrogen-bond acceptors (Lipinski definition) is 3. The summed E-state index contributed by atoms with van der Waals surface area (Å²) in [4.78, 5) is 13.3. The van der Waals surface area contributed by atoms with Gasteiger partial charge < -0.3 is 14.4 Å². The molecule has 0 atom stereocenters. The average Bonchev–Trinajstić information content (AvgIpc) is 2.40. The van der Waals surface area contributed by atoms with Crippen LogP contribution in [0.15, 0.2) is 0 Å². The van der Waals surface area contributed by atoms with E-state index < -0.39 is 0 Å². The summed E-state index contributed by atoms with van der Waals surface area (Å²) < 4.78 is 11.3. The Labute approximate surface area is 115 Å². The van der Waals surface area contributed by atoms with Gasteiger partial charge in [0.15, 0.2) is 6.29 Å². The fourth-order valence-electron chi connectivity index (χ4n) is 2.12. The SMILES string of the molecule is CCCC1COC(CN(CCC)C(=O)CCl)OC1. The summed E-state index contributed by atoms with van der Waals surface area (Å²) in [6.07, 6.45) is 2.89. The van der Waals surface area contributed by atoms with Gasteiger partial charge in [0, 0.05) is 12.5 Å². The zero-order valence-corrected chi connectivity index (χ0v) is 12.1. The molecule has 106 valence electrons. The third-order valence-electron chi connectivity index (χ3n) is 3.06. The van der Waals surface area contributed by atoms with E-state index in [1.54, 1.807) is 4.90 Å². The number of alkyl halides is 1. The predicted molar refractivity (Wildman–Crippen MR) is 71.7 cm³/mol. The van der Waals surface area contributed by atoms with Gasteiger partial charge in [0.2, 0.25) is 5.91 Å². The van der Waals surface area contributed by atoms with Crippen LogP contribution < -0.4 is 0 Å². The summed E-state index contributed by atoms with van der Waals surface area (Å²) in [5, 5.41) is 0. The molecule has 1 rings (SSSR count). The van der Waals surface area contributed by atoms with E-state index in [2.05, 4.69) is 6.92 Å². The van der Waals surface area contributed by atoms with Gasteiger partial charge in [-0.2, -0.15) is 0 Å². The summed E-state index contributed by atoms with van der Waals surface area (Å²) in [5.74, 6) is 0.460. The van der Waals surface area contributed by atoms with E-state index in [-0.39, 0.29) is 18.1 Å². The maximum atomic E-state index is 11.6. The Hall–Kier alpha value is -0.320. The van der Waals surface area contributed by atoms with E-state index in [9.17, 15) is 4.79 Å². The summed E-state index contributed by atoms with van der Waals surface area (Å²) in [6, 6.07) is 0. The van der Waals surface area contributed by atoms with E-state index in [4.69, 9.17) is 21.1 Å². The average molecular weight is 278 g/mol. The van der Waals surface area contributed by atoms with Gasteiger partial charge in [0.05, 0.1) is 19.8 Å². The number of halogens is 1. The highest BCUT2D eigenvalue weighted by Crippen LogP contribution is 2.16. The second-order valence-corrected chi connectivity index (χ2v) is 4.99. The highest BCUT2D eigenvalue weighted by atomic mass is 35.5. The molecule has 1 saturated heterocycles. The minimum Gasteiger partial charge on any atom is -0.350 e. The summed E-state index contributed by atoms with van der Waals surface area (Å²) in [6.45, 7) is 6.84. The van der Waals surface area contributed by atoms with E-state index in [0.717, 1.165) is 32.5 Å². The first kappa shape index (κ1) is 15.7. The van der Waals surface area contributed by atoms with Gasteiger partial charge in [-0.25, -0.2) is 0 Å². The van der Waals surface area contributed by atoms with Gasteiger partial charge in [0.25, 0.3) is 0 Å². The molecule has 1 aliphatic heterocycles. The molecule has 1 aliphatic rings. The molecule has 1 amide bonds. The van der Waals surface area contributed by atoms with Crippen LogP contribution in [0.1, 0.15) is 33.1 Å². The van der Waals surface area contributed by atoms with Crippen LogP contribution in [-0.2, 0) is 14.3 Å². The van der Waals surface area contributed by atoms with E-state index in [1.165, 1.54) is 0 Å². The first-order valence-corrected chi connectivity index (χ1v) is 7.31. The molecule has 0 N–H and O–H groups in total. The summed E-state index contributed by atoms with van der Waals surface area (Å²) in [7, 11) is 0. The largest absolute Gasteiger partial charge is 0.350 e. The van der Waals surface area contributed by atoms with Crippen molar-refractivity contribution in [2.45, 2.75) is 39.4 Å². The fraction of sp³-hybridized carbons (Fsp3) is 0.923. The Morgan fingerprint density at radius 3 is 2.44 bits per heavy atom. The van der Waals surface area contributed by atoms with Gasteiger partial charge in [0.1, 0.15) is 5.88 Å². The summed E-state index contributed by atoms with van der Waals surface area (Å²) in [5.41, 5.74) is 0. The van der Waals surface area contributed by atoms with Crippen molar-refractivity contribution >= 4 is 17.5 Å². The molecule has 1 heterocycles. The lowest BCUT2D eigenvalue weighted by atomic mass is 10.1. The molecule has 0 aromatic carbocycles. The maximum Gasteiger partial charge on any atom is 0.237 e. The lowest BCUT2D eigenvalue weighted by molar-refractivity contribution is -0.208. The molecule has 0 aliphatic carbocycles. The van der Waals surface area contributed by atoms with Gasteiger partial charge >= 0.3 is 0 Å². The molecular weight excluding hydrogens is 254 g/mol. The molecule has 0 unspecified atom stereocenters. The van der Waals surface area contributed by atoms with Crippen molar-refractivity contribution < 1.29 is 14.3 Å². The predicted octanol–water partition coefficient (Wildman–Crippen LogP) is 2.25. The van der Waals surface area contributed by atoms with Crippen molar-refractivity contribution in [3.8, 4) is 0 Å². The molecule has 18 heavy (non-hydrogen) atoms. The van der Waals surface area contributed by atoms with Crippen LogP contribution in [0.2, 0.25) is 0 Å². The Bertz CT molecular complexity index is 242. The van der Waals surface area contributed by atoms with Crippen LogP contribution in [0, 0.1) is 5.92 Å². The molecular formula is C13H24ClNO3. The maximum absolute atomic E-state index is 11.6. The molecule has 4 nitrogen and oxygen atoms in total. The third kappa shape index (κ3) is 5.12. The van der Waals surface area contributed by atoms with E-state index in [0.29, 0.717) is 19.0 Å². The standard InChI is InChI=1S/C13H24ClNO3/c1-3-5-11-9-17-13(18-10-11)8-15(6-4-2)12(16)7-14/h11,13H,3-10H2,1-2H3. The molecule has 0 spiro atoms. The van der Waals surface area contributed by atoms with Crippen LogP contribution in [0.3, 0.4) is 0 Å². The van der Waals surface area contributed by atoms with Crippen molar-refractivity contribution in [2.75, 3.05) is 32.2 Å². The van der Waals surface area contributed by atoms with Crippen molar-refractivity contribution in [2.24, 2.45) is 5.92 Å². The molecule has 0 saturated carbocycles. The van der Waals surface area contributed by atoms with E-state index >= 15 is 0 Å². The number of amides is 1. The number of nitrogens with zero attached hydrogens (tertiary/aromatic N) is 1. The molecule has 5 heteroatoms. The molecule has 0 aromatic rings. The number of hydrogen-bond donors (Lipinski definition) is 0. The molecule has 0 aromatic heterocycles. The lowest BCUT2D eigenvalue weighted by Gasteiger charge is -2.32. The van der Waals surface area contributed by atoms with E-state index in [1.807, 2.05) is 6.92 Å². The number of carbonyl (C=O) groups is 1. The Morgan fingerprint density at radius 1 is 1.28 bits per heavy atom. The van der Waals surface area contributed by atoms with Gasteiger partial charge in [-0.1, -0.05) is 20.3 Å². The zero-order valence-electron chi connectivity index (χ0n) is 11.4. The molecule has 1 fully saturated rings. The highest BCUT2D eigenvalue weighted by molar-refractivity contribution is 6.27. The normalized spacial score (nSPS) is 23.9. The van der Waals surface area contributed by atoms with Crippen LogP contribution >= 0.6 is 11.6 Å². The zero-order chi connectivity index (χ0) is 13.4. The first-order valence-electron chi connectivity index (χ1n) is 6.78. The van der Waals surface area contributed by atoms with Crippen LogP contribution in [-0.4, -0.2) is 49.3 Å². The van der Waals surface area contributed by atoms with Crippen LogP contribution in [0.25, 0.3) is 0 Å². The minimum absolute atomic E-state index is 0.0190. The topological polar surface area (TPSA) is 38.8 Å². The van der Waals surface area contributed by atoms with Crippen LogP contribution in [0.4, 0.5) is 0 Å². The smallest absolute Gasteiger partial charge is 0.237 e. The molecule has 0 bridgehead atoms. The quantitative estimate of drug-likeness (QED) is 0.670. The second-order valence-electron chi connectivity index (χ2n) is 4.72. The lowest BCUT2D eigenvalue weighted by Crippen LogP contribution is -2.44. The highest BCUT2D eigenvalue weighted by Gasteiger charge is 2.25. The Morgan fingerprint density at radius 2 is 1.94 bits per heavy atom. The number of carbonyl (C=O) groups excluding carboxylic acids is 1. The first-order chi connectivity index (χ1) is 8.71. The van der Waals surface area contributed by atoms with Crippen molar-refractivity contribution in [1.82, 2.24) is 4.90 Å². The molecule has 0 radical (unpaired) electrons. The van der Waals surface area contributed by atoms with Gasteiger partial charge in [-0.05, 0) is 12.8 Å². The number of rotatable bonds is 7. The number of ether oxygens (including phenoxy) is 2. The van der Waals surface area contributed by atoms with Crippen molar-refractivity contribution in [3.05, 3.63) is 0 Å². The summed E-state index contributed by atoms with van der Waals surface area (Å²) >= 11 is 5.59. The third-order valence-corrected chi connectivity index (χ3v) is 3.29. The van der Waals surface area contributed by atoms with Crippen LogP contribution in [0.5, 0.6) is 0 Å². The van der Waals surface area contributed by atoms with Crippen molar-refractivity contribution in [3.63, 3.8) is 0 Å². The Balaban J connectivity index is 2.35. The Kier molecular flexibility index (Phi) is 7.63. The van der Waals surface area contributed by atoms with Gasteiger partial charge in [-0.3, -0.25) is 4.79 Å². The van der Waals surface area contributed by atoms with Crippen molar-refractivity contribution in [1.29, 1.82) is 0 Å². The van der Waals surface area contributed by atoms with Gasteiger partial charge in [-0.15, -0.1) is 11.6 Å². The fourth-order valence-corrected chi connectivity index (χ4v) is 2.28.